The third kappa shape index (κ3) is 2.98. The molecule has 1 fully saturated rings. The molecule has 0 aromatic carbocycles. The van der Waals surface area contributed by atoms with Crippen molar-refractivity contribution >= 4 is 0 Å². The van der Waals surface area contributed by atoms with E-state index in [2.05, 4.69) is 0 Å². The molecule has 0 aromatic heterocycles. The van der Waals surface area contributed by atoms with Crippen LogP contribution in [-0.4, -0.2) is 37.0 Å². The standard InChI is InChI=1S/C7H13F3N2/c8-7(9)1-4-12(5-2-7)6-3-11-10/h11H,1-6H2. The first-order chi connectivity index (χ1) is 5.64. The number of hydrogen-bond acceptors (Lipinski definition) is 2. The molecule has 1 aliphatic rings. The maximum Gasteiger partial charge on any atom is 0.250 e. The van der Waals surface area contributed by atoms with Crippen LogP contribution < -0.4 is 5.54 Å². The van der Waals surface area contributed by atoms with Gasteiger partial charge in [-0.15, -0.1) is 4.48 Å². The highest BCUT2D eigenvalue weighted by Crippen LogP contribution is 2.27. The van der Waals surface area contributed by atoms with Crippen LogP contribution in [0.4, 0.5) is 13.3 Å². The fraction of sp³-hybridized carbons (Fsp3) is 1.00. The molecule has 12 heavy (non-hydrogen) atoms. The number of likely N-dealkylation sites (tertiary alicyclic amines) is 1. The largest absolute Gasteiger partial charge is 0.302 e. The molecule has 1 rings (SSSR count). The highest BCUT2D eigenvalue weighted by molar-refractivity contribution is 4.77. The number of rotatable bonds is 3. The number of nitrogens with zero attached hydrogens (tertiary/aromatic N) is 1. The van der Waals surface area contributed by atoms with Gasteiger partial charge in [-0.3, -0.25) is 0 Å². The molecule has 1 N–H and O–H groups in total. The molecule has 1 saturated heterocycles. The van der Waals surface area contributed by atoms with Crippen LogP contribution in [0.15, 0.2) is 0 Å². The summed E-state index contributed by atoms with van der Waals surface area (Å²) >= 11 is 0. The zero-order valence-corrected chi connectivity index (χ0v) is 6.82. The van der Waals surface area contributed by atoms with Crippen molar-refractivity contribution in [2.24, 2.45) is 0 Å². The van der Waals surface area contributed by atoms with Crippen molar-refractivity contribution in [2.45, 2.75) is 18.8 Å². The molecule has 0 unspecified atom stereocenters. The smallest absolute Gasteiger partial charge is 0.250 e. The van der Waals surface area contributed by atoms with Crippen molar-refractivity contribution in [3.05, 3.63) is 0 Å². The average Bonchev–Trinajstić information content (AvgIpc) is 2.03. The Morgan fingerprint density at radius 3 is 2.33 bits per heavy atom. The molecular formula is C7H13F3N2. The molecule has 2 nitrogen and oxygen atoms in total. The van der Waals surface area contributed by atoms with Crippen LogP contribution in [0.3, 0.4) is 0 Å². The second kappa shape index (κ2) is 4.09. The Labute approximate surface area is 69.7 Å². The van der Waals surface area contributed by atoms with E-state index < -0.39 is 5.92 Å². The second-order valence-electron chi connectivity index (χ2n) is 3.08. The molecule has 0 radical (unpaired) electrons. The Bertz CT molecular complexity index is 131. The van der Waals surface area contributed by atoms with Crippen LogP contribution >= 0.6 is 0 Å². The molecule has 5 heteroatoms. The fourth-order valence-electron chi connectivity index (χ4n) is 1.30. The summed E-state index contributed by atoms with van der Waals surface area (Å²) in [5, 5.41) is 0. The van der Waals surface area contributed by atoms with Gasteiger partial charge in [0, 0.05) is 39.0 Å². The van der Waals surface area contributed by atoms with E-state index in [1.807, 2.05) is 4.90 Å². The van der Waals surface area contributed by atoms with Crippen LogP contribution in [-0.2, 0) is 0 Å². The summed E-state index contributed by atoms with van der Waals surface area (Å²) in [6.45, 7) is 1.46. The van der Waals surface area contributed by atoms with Gasteiger partial charge in [0.05, 0.1) is 0 Å². The second-order valence-corrected chi connectivity index (χ2v) is 3.08. The lowest BCUT2D eigenvalue weighted by molar-refractivity contribution is -0.0551. The highest BCUT2D eigenvalue weighted by Gasteiger charge is 2.33. The molecule has 72 valence electrons. The molecule has 1 heterocycles. The van der Waals surface area contributed by atoms with E-state index in [9.17, 15) is 13.3 Å². The van der Waals surface area contributed by atoms with Gasteiger partial charge < -0.3 is 4.90 Å². The lowest BCUT2D eigenvalue weighted by Crippen LogP contribution is -2.41. The lowest BCUT2D eigenvalue weighted by atomic mass is 10.1. The Balaban J connectivity index is 2.18. The summed E-state index contributed by atoms with van der Waals surface area (Å²) in [4.78, 5) is 1.84. The van der Waals surface area contributed by atoms with Crippen molar-refractivity contribution in [1.29, 1.82) is 0 Å². The van der Waals surface area contributed by atoms with E-state index in [0.29, 0.717) is 19.6 Å². The molecule has 0 bridgehead atoms. The van der Waals surface area contributed by atoms with E-state index in [4.69, 9.17) is 0 Å². The molecule has 0 spiro atoms. The maximum atomic E-state index is 12.6. The Kier molecular flexibility index (Phi) is 3.34. The molecule has 0 saturated carbocycles. The third-order valence-electron chi connectivity index (χ3n) is 2.11. The van der Waals surface area contributed by atoms with Gasteiger partial charge in [-0.2, -0.15) is 5.54 Å². The minimum atomic E-state index is -2.50. The first kappa shape index (κ1) is 9.80. The lowest BCUT2D eigenvalue weighted by Gasteiger charge is -2.31. The van der Waals surface area contributed by atoms with Crippen LogP contribution in [0, 0.1) is 0 Å². The molecule has 0 amide bonds. The van der Waals surface area contributed by atoms with Crippen molar-refractivity contribution in [3.8, 4) is 0 Å². The predicted molar refractivity (Wildman–Crippen MR) is 39.7 cm³/mol. The summed E-state index contributed by atoms with van der Waals surface area (Å²) in [6.07, 6.45) is -0.196. The molecule has 0 aliphatic carbocycles. The van der Waals surface area contributed by atoms with Crippen LogP contribution in [0.1, 0.15) is 12.8 Å². The van der Waals surface area contributed by atoms with Crippen molar-refractivity contribution in [1.82, 2.24) is 10.4 Å². The van der Waals surface area contributed by atoms with Crippen LogP contribution in [0.25, 0.3) is 0 Å². The molecule has 0 atom stereocenters. The van der Waals surface area contributed by atoms with Gasteiger partial charge in [0.1, 0.15) is 0 Å². The van der Waals surface area contributed by atoms with E-state index >= 15 is 0 Å². The van der Waals surface area contributed by atoms with Gasteiger partial charge in [0.2, 0.25) is 0 Å². The first-order valence-electron chi connectivity index (χ1n) is 4.08. The van der Waals surface area contributed by atoms with Gasteiger partial charge in [0.25, 0.3) is 5.92 Å². The maximum absolute atomic E-state index is 12.6. The first-order valence-corrected chi connectivity index (χ1v) is 4.08. The topological polar surface area (TPSA) is 15.3 Å². The molecule has 0 aromatic rings. The minimum absolute atomic E-state index is 0.0979. The van der Waals surface area contributed by atoms with E-state index in [1.54, 1.807) is 0 Å². The van der Waals surface area contributed by atoms with Crippen LogP contribution in [0.2, 0.25) is 0 Å². The number of nitrogens with one attached hydrogen (secondary N) is 1. The van der Waals surface area contributed by atoms with E-state index in [-0.39, 0.29) is 19.4 Å². The Hall–Kier alpha value is -0.290. The SMILES string of the molecule is FNCCN1CCC(F)(F)CC1. The molecular weight excluding hydrogens is 169 g/mol. The fourth-order valence-corrected chi connectivity index (χ4v) is 1.30. The van der Waals surface area contributed by atoms with Crippen LogP contribution in [0.5, 0.6) is 0 Å². The zero-order valence-electron chi connectivity index (χ0n) is 6.82. The van der Waals surface area contributed by atoms with Gasteiger partial charge >= 0.3 is 0 Å². The quantitative estimate of drug-likeness (QED) is 0.659. The van der Waals surface area contributed by atoms with Crippen molar-refractivity contribution < 1.29 is 13.3 Å². The monoisotopic (exact) mass is 182 g/mol. The van der Waals surface area contributed by atoms with Crippen molar-refractivity contribution in [3.63, 3.8) is 0 Å². The summed E-state index contributed by atoms with van der Waals surface area (Å²) in [5.74, 6) is -2.50. The predicted octanol–water partition coefficient (Wildman–Crippen LogP) is 1.19. The normalized spacial score (nSPS) is 24.2. The number of alkyl halides is 2. The summed E-state index contributed by atoms with van der Waals surface area (Å²) in [5.41, 5.74) is 1.51. The average molecular weight is 182 g/mol. The molecule has 1 aliphatic heterocycles. The zero-order chi connectivity index (χ0) is 9.03. The summed E-state index contributed by atoms with van der Waals surface area (Å²) in [6, 6.07) is 0. The third-order valence-corrected chi connectivity index (χ3v) is 2.11. The number of piperidine rings is 1. The number of hydrogen-bond donors (Lipinski definition) is 1. The van der Waals surface area contributed by atoms with Gasteiger partial charge in [-0.25, -0.2) is 8.78 Å². The van der Waals surface area contributed by atoms with E-state index in [0.717, 1.165) is 0 Å². The van der Waals surface area contributed by atoms with E-state index in [1.165, 1.54) is 5.54 Å². The summed E-state index contributed by atoms with van der Waals surface area (Å²) in [7, 11) is 0. The minimum Gasteiger partial charge on any atom is -0.302 e. The van der Waals surface area contributed by atoms with Gasteiger partial charge in [0.15, 0.2) is 0 Å². The Morgan fingerprint density at radius 2 is 1.83 bits per heavy atom. The number of halogens is 3. The Morgan fingerprint density at radius 1 is 1.25 bits per heavy atom. The van der Waals surface area contributed by atoms with Gasteiger partial charge in [-0.1, -0.05) is 0 Å². The highest BCUT2D eigenvalue weighted by atomic mass is 19.3. The summed E-state index contributed by atoms with van der Waals surface area (Å²) < 4.78 is 36.6. The van der Waals surface area contributed by atoms with Gasteiger partial charge in [-0.05, 0) is 0 Å². The van der Waals surface area contributed by atoms with Crippen molar-refractivity contribution in [2.75, 3.05) is 26.2 Å².